The predicted octanol–water partition coefficient (Wildman–Crippen LogP) is 3.90. The summed E-state index contributed by atoms with van der Waals surface area (Å²) in [7, 11) is 0. The first-order valence-electron chi connectivity index (χ1n) is 7.76. The first kappa shape index (κ1) is 17.0. The molecule has 1 unspecified atom stereocenters. The molecule has 1 fully saturated rings. The molecule has 0 amide bonds. The molecule has 3 rings (SSSR count). The van der Waals surface area contributed by atoms with Crippen molar-refractivity contribution < 1.29 is 0 Å². The maximum Gasteiger partial charge on any atom is 0.0320 e. The quantitative estimate of drug-likeness (QED) is 0.930. The molecule has 1 heterocycles. The van der Waals surface area contributed by atoms with Gasteiger partial charge in [-0.1, -0.05) is 60.2 Å². The molecular formula is C19H25ClN2. The van der Waals surface area contributed by atoms with Crippen molar-refractivity contribution in [2.75, 3.05) is 13.1 Å². The summed E-state index contributed by atoms with van der Waals surface area (Å²) in [5.41, 5.74) is 10.5. The fourth-order valence-electron chi connectivity index (χ4n) is 3.37. The molecule has 1 aliphatic rings. The minimum absolute atomic E-state index is 0. The molecule has 3 atom stereocenters. The highest BCUT2D eigenvalue weighted by Gasteiger charge is 2.33. The van der Waals surface area contributed by atoms with Crippen molar-refractivity contribution in [2.24, 2.45) is 5.73 Å². The highest BCUT2D eigenvalue weighted by molar-refractivity contribution is 5.85. The van der Waals surface area contributed by atoms with Crippen LogP contribution in [-0.4, -0.2) is 24.0 Å². The smallest absolute Gasteiger partial charge is 0.0320 e. The van der Waals surface area contributed by atoms with E-state index in [1.54, 1.807) is 0 Å². The third-order valence-electron chi connectivity index (χ3n) is 4.69. The number of halogens is 1. The first-order chi connectivity index (χ1) is 10.1. The van der Waals surface area contributed by atoms with Gasteiger partial charge in [0.05, 0.1) is 0 Å². The normalized spacial score (nSPS) is 23.0. The summed E-state index contributed by atoms with van der Waals surface area (Å²) >= 11 is 0. The Morgan fingerprint density at radius 2 is 1.77 bits per heavy atom. The number of hydrogen-bond acceptors (Lipinski definition) is 2. The molecule has 3 heteroatoms. The first-order valence-corrected chi connectivity index (χ1v) is 7.76. The van der Waals surface area contributed by atoms with Crippen molar-refractivity contribution >= 4 is 12.4 Å². The van der Waals surface area contributed by atoms with Gasteiger partial charge in [-0.2, -0.15) is 0 Å². The summed E-state index contributed by atoms with van der Waals surface area (Å²) in [4.78, 5) is 2.51. The van der Waals surface area contributed by atoms with Crippen LogP contribution < -0.4 is 5.73 Å². The zero-order valence-corrected chi connectivity index (χ0v) is 14.1. The summed E-state index contributed by atoms with van der Waals surface area (Å²) in [5.74, 6) is 0.443. The summed E-state index contributed by atoms with van der Waals surface area (Å²) < 4.78 is 0. The number of likely N-dealkylation sites (tertiary alicyclic amines) is 1. The lowest BCUT2D eigenvalue weighted by Gasteiger charge is -2.25. The average molecular weight is 317 g/mol. The lowest BCUT2D eigenvalue weighted by molar-refractivity contribution is 0.257. The molecule has 2 aromatic carbocycles. The van der Waals surface area contributed by atoms with Crippen molar-refractivity contribution in [3.05, 3.63) is 71.3 Å². The summed E-state index contributed by atoms with van der Waals surface area (Å²) in [6.45, 7) is 6.45. The van der Waals surface area contributed by atoms with Crippen molar-refractivity contribution in [3.63, 3.8) is 0 Å². The maximum atomic E-state index is 6.41. The van der Waals surface area contributed by atoms with Crippen molar-refractivity contribution in [1.82, 2.24) is 4.90 Å². The second kappa shape index (κ2) is 7.28. The van der Waals surface area contributed by atoms with Gasteiger partial charge < -0.3 is 5.73 Å². The lowest BCUT2D eigenvalue weighted by Crippen LogP contribution is -2.29. The number of nitrogens with two attached hydrogens (primary N) is 1. The summed E-state index contributed by atoms with van der Waals surface area (Å²) in [6, 6.07) is 20.1. The van der Waals surface area contributed by atoms with Gasteiger partial charge in [-0.15, -0.1) is 12.4 Å². The standard InChI is InChI=1S/C19H24N2.ClH/c1-14-7-6-10-17(11-14)15(2)21-12-18(19(20)13-21)16-8-4-3-5-9-16;/h3-11,15,18-19H,12-13,20H2,1-2H3;1H/t15?,18-,19+;/m0./s1. The third kappa shape index (κ3) is 3.52. The molecule has 2 N–H and O–H groups in total. The molecule has 0 aliphatic carbocycles. The predicted molar refractivity (Wildman–Crippen MR) is 95.6 cm³/mol. The van der Waals surface area contributed by atoms with Crippen LogP contribution in [0.2, 0.25) is 0 Å². The van der Waals surface area contributed by atoms with E-state index in [-0.39, 0.29) is 18.4 Å². The van der Waals surface area contributed by atoms with Gasteiger partial charge in [-0.05, 0) is 25.0 Å². The van der Waals surface area contributed by atoms with Crippen molar-refractivity contribution in [3.8, 4) is 0 Å². The van der Waals surface area contributed by atoms with Gasteiger partial charge in [-0.3, -0.25) is 4.90 Å². The van der Waals surface area contributed by atoms with Gasteiger partial charge in [0, 0.05) is 31.1 Å². The highest BCUT2D eigenvalue weighted by Crippen LogP contribution is 2.32. The lowest BCUT2D eigenvalue weighted by atomic mass is 9.95. The van der Waals surface area contributed by atoms with Crippen LogP contribution in [0.3, 0.4) is 0 Å². The van der Waals surface area contributed by atoms with E-state index < -0.39 is 0 Å². The Labute approximate surface area is 139 Å². The molecule has 1 aliphatic heterocycles. The summed E-state index contributed by atoms with van der Waals surface area (Å²) in [6.07, 6.45) is 0. The Morgan fingerprint density at radius 3 is 2.45 bits per heavy atom. The monoisotopic (exact) mass is 316 g/mol. The molecule has 0 radical (unpaired) electrons. The zero-order chi connectivity index (χ0) is 14.8. The molecule has 0 spiro atoms. The van der Waals surface area contributed by atoms with Gasteiger partial charge in [0.25, 0.3) is 0 Å². The minimum atomic E-state index is 0. The van der Waals surface area contributed by atoms with E-state index in [0.717, 1.165) is 13.1 Å². The topological polar surface area (TPSA) is 29.3 Å². The van der Waals surface area contributed by atoms with Crippen LogP contribution in [0, 0.1) is 6.92 Å². The second-order valence-corrected chi connectivity index (χ2v) is 6.23. The average Bonchev–Trinajstić information content (AvgIpc) is 2.89. The van der Waals surface area contributed by atoms with Crippen LogP contribution in [0.5, 0.6) is 0 Å². The molecule has 118 valence electrons. The van der Waals surface area contributed by atoms with Gasteiger partial charge in [-0.25, -0.2) is 0 Å². The van der Waals surface area contributed by atoms with Crippen LogP contribution in [0.4, 0.5) is 0 Å². The number of rotatable bonds is 3. The molecule has 1 saturated heterocycles. The Morgan fingerprint density at radius 1 is 1.05 bits per heavy atom. The minimum Gasteiger partial charge on any atom is -0.326 e. The summed E-state index contributed by atoms with van der Waals surface area (Å²) in [5, 5.41) is 0. The van der Waals surface area contributed by atoms with Crippen LogP contribution >= 0.6 is 12.4 Å². The van der Waals surface area contributed by atoms with Gasteiger partial charge in [0.1, 0.15) is 0 Å². The molecule has 0 saturated carbocycles. The number of aryl methyl sites for hydroxylation is 1. The van der Waals surface area contributed by atoms with Crippen molar-refractivity contribution in [2.45, 2.75) is 31.8 Å². The maximum absolute atomic E-state index is 6.41. The number of nitrogens with zero attached hydrogens (tertiary/aromatic N) is 1. The van der Waals surface area contributed by atoms with Crippen LogP contribution in [0.1, 0.15) is 35.6 Å². The van der Waals surface area contributed by atoms with E-state index in [1.165, 1.54) is 16.7 Å². The highest BCUT2D eigenvalue weighted by atomic mass is 35.5. The van der Waals surface area contributed by atoms with Gasteiger partial charge in [0.15, 0.2) is 0 Å². The van der Waals surface area contributed by atoms with E-state index in [2.05, 4.69) is 73.3 Å². The van der Waals surface area contributed by atoms with E-state index in [1.807, 2.05) is 0 Å². The molecule has 0 bridgehead atoms. The van der Waals surface area contributed by atoms with E-state index in [0.29, 0.717) is 12.0 Å². The van der Waals surface area contributed by atoms with E-state index in [4.69, 9.17) is 5.73 Å². The SMILES string of the molecule is Cc1cccc(C(C)N2C[C@@H](N)[C@H](c3ccccc3)C2)c1.Cl. The van der Waals surface area contributed by atoms with E-state index in [9.17, 15) is 0 Å². The zero-order valence-electron chi connectivity index (χ0n) is 13.3. The Hall–Kier alpha value is -1.35. The number of benzene rings is 2. The Balaban J connectivity index is 0.00000176. The Bertz CT molecular complexity index is 599. The molecular weight excluding hydrogens is 292 g/mol. The fourth-order valence-corrected chi connectivity index (χ4v) is 3.37. The molecule has 2 aromatic rings. The largest absolute Gasteiger partial charge is 0.326 e. The van der Waals surface area contributed by atoms with Crippen molar-refractivity contribution in [1.29, 1.82) is 0 Å². The molecule has 22 heavy (non-hydrogen) atoms. The van der Waals surface area contributed by atoms with Crippen LogP contribution in [0.25, 0.3) is 0 Å². The van der Waals surface area contributed by atoms with Gasteiger partial charge >= 0.3 is 0 Å². The van der Waals surface area contributed by atoms with Crippen LogP contribution in [-0.2, 0) is 0 Å². The van der Waals surface area contributed by atoms with E-state index >= 15 is 0 Å². The molecule has 0 aromatic heterocycles. The second-order valence-electron chi connectivity index (χ2n) is 6.23. The molecule has 2 nitrogen and oxygen atoms in total. The van der Waals surface area contributed by atoms with Gasteiger partial charge in [0.2, 0.25) is 0 Å². The van der Waals surface area contributed by atoms with Crippen LogP contribution in [0.15, 0.2) is 54.6 Å². The Kier molecular flexibility index (Phi) is 5.63. The third-order valence-corrected chi connectivity index (χ3v) is 4.69. The number of hydrogen-bond donors (Lipinski definition) is 1. The fraction of sp³-hybridized carbons (Fsp3) is 0.368.